The molecular weight excluding hydrogens is 278 g/mol. The molecule has 2 aromatic rings. The van der Waals surface area contributed by atoms with Crippen LogP contribution in [0.5, 0.6) is 0 Å². The van der Waals surface area contributed by atoms with Crippen LogP contribution in [0.25, 0.3) is 0 Å². The smallest absolute Gasteiger partial charge is 0.243 e. The first-order valence-corrected chi connectivity index (χ1v) is 7.58. The quantitative estimate of drug-likeness (QED) is 0.914. The Morgan fingerprint density at radius 2 is 2.05 bits per heavy atom. The maximum absolute atomic E-state index is 12.5. The summed E-state index contributed by atoms with van der Waals surface area (Å²) < 4.78 is 31.5. The molecule has 0 aliphatic heterocycles. The topological polar surface area (TPSA) is 70.8 Å². The average Bonchev–Trinajstić information content (AvgIpc) is 2.92. The third kappa shape index (κ3) is 2.92. The molecule has 0 spiro atoms. The van der Waals surface area contributed by atoms with Crippen LogP contribution in [0.4, 0.5) is 0 Å². The van der Waals surface area contributed by atoms with Gasteiger partial charge in [0.05, 0.1) is 24.3 Å². The lowest BCUT2D eigenvalue weighted by Gasteiger charge is -2.18. The number of hydrogen-bond acceptors (Lipinski definition) is 4. The second kappa shape index (κ2) is 5.78. The summed E-state index contributed by atoms with van der Waals surface area (Å²) >= 11 is 0. The maximum atomic E-state index is 12.5. The van der Waals surface area contributed by atoms with E-state index in [1.54, 1.807) is 31.2 Å². The van der Waals surface area contributed by atoms with Gasteiger partial charge in [-0.3, -0.25) is 0 Å². The summed E-state index contributed by atoms with van der Waals surface area (Å²) in [5, 5.41) is 9.14. The van der Waals surface area contributed by atoms with Crippen molar-refractivity contribution in [1.82, 2.24) is 4.31 Å². The van der Waals surface area contributed by atoms with Crippen LogP contribution < -0.4 is 0 Å². The first-order valence-electron chi connectivity index (χ1n) is 6.14. The van der Waals surface area contributed by atoms with Crippen LogP contribution in [0.2, 0.25) is 0 Å². The van der Waals surface area contributed by atoms with Gasteiger partial charge in [-0.2, -0.15) is 4.31 Å². The number of sulfonamides is 1. The lowest BCUT2D eigenvalue weighted by molar-refractivity contribution is 0.281. The van der Waals surface area contributed by atoms with Crippen molar-refractivity contribution in [1.29, 1.82) is 0 Å². The number of aliphatic hydroxyl groups excluding tert-OH is 1. The fourth-order valence-electron chi connectivity index (χ4n) is 1.90. The van der Waals surface area contributed by atoms with Crippen molar-refractivity contribution in [3.05, 3.63) is 53.5 Å². The van der Waals surface area contributed by atoms with Gasteiger partial charge in [-0.15, -0.1) is 0 Å². The van der Waals surface area contributed by atoms with Gasteiger partial charge >= 0.3 is 0 Å². The molecule has 20 heavy (non-hydrogen) atoms. The molecule has 0 saturated carbocycles. The fraction of sp³-hybridized carbons (Fsp3) is 0.286. The van der Waals surface area contributed by atoms with E-state index in [2.05, 4.69) is 0 Å². The van der Waals surface area contributed by atoms with Gasteiger partial charge in [-0.1, -0.05) is 12.1 Å². The summed E-state index contributed by atoms with van der Waals surface area (Å²) in [6.45, 7) is 1.71. The van der Waals surface area contributed by atoms with Crippen molar-refractivity contribution in [3.8, 4) is 0 Å². The third-order valence-corrected chi connectivity index (χ3v) is 5.03. The van der Waals surface area contributed by atoms with Crippen LogP contribution in [0.15, 0.2) is 45.9 Å². The molecule has 1 N–H and O–H groups in total. The molecule has 0 amide bonds. The average molecular weight is 295 g/mol. The Bertz CT molecular complexity index is 677. The van der Waals surface area contributed by atoms with Crippen molar-refractivity contribution < 1.29 is 17.9 Å². The summed E-state index contributed by atoms with van der Waals surface area (Å²) in [5.41, 5.74) is 1.22. The highest BCUT2D eigenvalue weighted by Crippen LogP contribution is 2.22. The first-order chi connectivity index (χ1) is 9.45. The van der Waals surface area contributed by atoms with E-state index in [0.717, 1.165) is 0 Å². The third-order valence-electron chi connectivity index (χ3n) is 3.08. The van der Waals surface area contributed by atoms with Crippen LogP contribution in [0.1, 0.15) is 16.9 Å². The van der Waals surface area contributed by atoms with E-state index >= 15 is 0 Å². The van der Waals surface area contributed by atoms with Crippen molar-refractivity contribution in [3.63, 3.8) is 0 Å². The van der Waals surface area contributed by atoms with Crippen LogP contribution in [0, 0.1) is 6.92 Å². The van der Waals surface area contributed by atoms with Gasteiger partial charge in [-0.05, 0) is 36.2 Å². The zero-order chi connectivity index (χ0) is 14.8. The van der Waals surface area contributed by atoms with Gasteiger partial charge in [0.1, 0.15) is 5.76 Å². The standard InChI is InChI=1S/C14H17NO4S/c1-11-5-6-12(10-16)8-14(11)20(17,18)15(2)9-13-4-3-7-19-13/h3-8,16H,9-10H2,1-2H3. The molecule has 1 aromatic carbocycles. The van der Waals surface area contributed by atoms with E-state index in [-0.39, 0.29) is 18.0 Å². The lowest BCUT2D eigenvalue weighted by atomic mass is 10.2. The Morgan fingerprint density at radius 1 is 1.30 bits per heavy atom. The number of nitrogens with zero attached hydrogens (tertiary/aromatic N) is 1. The molecule has 1 heterocycles. The van der Waals surface area contributed by atoms with Gasteiger partial charge in [0.25, 0.3) is 0 Å². The predicted octanol–water partition coefficient (Wildman–Crippen LogP) is 1.90. The van der Waals surface area contributed by atoms with E-state index < -0.39 is 10.0 Å². The van der Waals surface area contributed by atoms with E-state index in [0.29, 0.717) is 16.9 Å². The minimum absolute atomic E-state index is 0.165. The molecule has 2 rings (SSSR count). The van der Waals surface area contributed by atoms with Crippen LogP contribution in [-0.2, 0) is 23.2 Å². The summed E-state index contributed by atoms with van der Waals surface area (Å²) in [7, 11) is -2.11. The molecule has 0 aliphatic rings. The molecule has 108 valence electrons. The normalized spacial score (nSPS) is 12.0. The van der Waals surface area contributed by atoms with Gasteiger partial charge in [0.2, 0.25) is 10.0 Å². The van der Waals surface area contributed by atoms with Gasteiger partial charge in [-0.25, -0.2) is 8.42 Å². The lowest BCUT2D eigenvalue weighted by Crippen LogP contribution is -2.27. The Balaban J connectivity index is 2.34. The van der Waals surface area contributed by atoms with Gasteiger partial charge in [0.15, 0.2) is 0 Å². The molecule has 0 aliphatic carbocycles. The SMILES string of the molecule is Cc1ccc(CO)cc1S(=O)(=O)N(C)Cc1ccco1. The van der Waals surface area contributed by atoms with Crippen molar-refractivity contribution in [2.75, 3.05) is 7.05 Å². The molecule has 1 aromatic heterocycles. The zero-order valence-corrected chi connectivity index (χ0v) is 12.2. The van der Waals surface area contributed by atoms with E-state index in [1.165, 1.54) is 23.7 Å². The first kappa shape index (κ1) is 14.8. The minimum Gasteiger partial charge on any atom is -0.468 e. The van der Waals surface area contributed by atoms with Crippen LogP contribution >= 0.6 is 0 Å². The molecule has 0 atom stereocenters. The number of furan rings is 1. The summed E-state index contributed by atoms with van der Waals surface area (Å²) in [5.74, 6) is 0.576. The molecule has 0 unspecified atom stereocenters. The largest absolute Gasteiger partial charge is 0.468 e. The Kier molecular flexibility index (Phi) is 4.27. The highest BCUT2D eigenvalue weighted by molar-refractivity contribution is 7.89. The molecule has 5 nitrogen and oxygen atoms in total. The number of rotatable bonds is 5. The summed E-state index contributed by atoms with van der Waals surface area (Å²) in [6, 6.07) is 8.35. The molecule has 6 heteroatoms. The number of aliphatic hydroxyl groups is 1. The Morgan fingerprint density at radius 3 is 2.65 bits per heavy atom. The maximum Gasteiger partial charge on any atom is 0.243 e. The van der Waals surface area contributed by atoms with Crippen molar-refractivity contribution >= 4 is 10.0 Å². The minimum atomic E-state index is -3.62. The highest BCUT2D eigenvalue weighted by atomic mass is 32.2. The summed E-state index contributed by atoms with van der Waals surface area (Å²) in [4.78, 5) is 0.207. The fourth-order valence-corrected chi connectivity index (χ4v) is 3.30. The monoisotopic (exact) mass is 295 g/mol. The number of benzene rings is 1. The van der Waals surface area contributed by atoms with Gasteiger partial charge < -0.3 is 9.52 Å². The zero-order valence-electron chi connectivity index (χ0n) is 11.4. The van der Waals surface area contributed by atoms with Crippen LogP contribution in [0.3, 0.4) is 0 Å². The van der Waals surface area contributed by atoms with E-state index in [4.69, 9.17) is 9.52 Å². The molecule has 0 radical (unpaired) electrons. The number of aryl methyl sites for hydroxylation is 1. The van der Waals surface area contributed by atoms with Crippen molar-refractivity contribution in [2.45, 2.75) is 25.0 Å². The Hall–Kier alpha value is -1.63. The second-order valence-electron chi connectivity index (χ2n) is 4.60. The predicted molar refractivity (Wildman–Crippen MR) is 74.5 cm³/mol. The van der Waals surface area contributed by atoms with Crippen molar-refractivity contribution in [2.24, 2.45) is 0 Å². The molecular formula is C14H17NO4S. The molecule has 0 bridgehead atoms. The Labute approximate surface area is 118 Å². The second-order valence-corrected chi connectivity index (χ2v) is 6.61. The summed E-state index contributed by atoms with van der Waals surface area (Å²) in [6.07, 6.45) is 1.51. The van der Waals surface area contributed by atoms with Gasteiger partial charge in [0, 0.05) is 7.05 Å². The van der Waals surface area contributed by atoms with Crippen LogP contribution in [-0.4, -0.2) is 24.9 Å². The highest BCUT2D eigenvalue weighted by Gasteiger charge is 2.23. The van der Waals surface area contributed by atoms with E-state index in [1.807, 2.05) is 0 Å². The van der Waals surface area contributed by atoms with E-state index in [9.17, 15) is 8.42 Å². The molecule has 0 fully saturated rings. The number of hydrogen-bond donors (Lipinski definition) is 1. The molecule has 0 saturated heterocycles.